The van der Waals surface area contributed by atoms with Crippen LogP contribution < -0.4 is 12.4 Å². The number of unbranched alkanes of at least 4 members (excludes halogenated alkanes) is 9. The molecule has 0 amide bonds. The topological polar surface area (TPSA) is 69.9 Å². The Balaban J connectivity index is 0. The molecule has 0 radical (unpaired) electrons. The van der Waals surface area contributed by atoms with Crippen molar-refractivity contribution in [1.82, 2.24) is 0 Å². The third-order valence-electron chi connectivity index (χ3n) is 5.29. The van der Waals surface area contributed by atoms with Gasteiger partial charge >= 0.3 is 0 Å². The highest BCUT2D eigenvalue weighted by Gasteiger charge is 2.25. The Morgan fingerprint density at radius 3 is 1.41 bits per heavy atom. The van der Waals surface area contributed by atoms with Gasteiger partial charge in [-0.3, -0.25) is 0 Å². The molecule has 0 spiro atoms. The molecule has 0 bridgehead atoms. The first kappa shape index (κ1) is 29.3. The Labute approximate surface area is 174 Å². The Kier molecular flexibility index (Phi) is 24.3. The van der Waals surface area contributed by atoms with Crippen LogP contribution in [0.25, 0.3) is 0 Å². The molecule has 166 valence electrons. The lowest BCUT2D eigenvalue weighted by atomic mass is 10.1. The lowest BCUT2D eigenvalue weighted by Gasteiger charge is -2.37. The monoisotopic (exact) mass is 411 g/mol. The molecule has 0 aliphatic carbocycles. The maximum absolute atomic E-state index is 9.26. The molecule has 6 heteroatoms. The van der Waals surface area contributed by atoms with E-state index in [1.165, 1.54) is 57.8 Å². The smallest absolute Gasteiger partial charge is 0.102 e. The van der Waals surface area contributed by atoms with Gasteiger partial charge in [-0.1, -0.05) is 64.7 Å². The van der Waals surface area contributed by atoms with Gasteiger partial charge in [0, 0.05) is 13.0 Å². The van der Waals surface area contributed by atoms with E-state index >= 15 is 0 Å². The second kappa shape index (κ2) is 22.4. The van der Waals surface area contributed by atoms with E-state index in [9.17, 15) is 15.3 Å². The lowest BCUT2D eigenvalue weighted by Crippen LogP contribution is -3.00. The summed E-state index contributed by atoms with van der Waals surface area (Å²) in [6, 6.07) is 0. The average molecular weight is 412 g/mol. The minimum Gasteiger partial charge on any atom is -1.00 e. The molecule has 0 fully saturated rings. The van der Waals surface area contributed by atoms with Gasteiger partial charge in [0.2, 0.25) is 0 Å². The molecule has 0 aromatic rings. The number of aliphatic hydroxyl groups excluding tert-OH is 3. The van der Waals surface area contributed by atoms with Crippen LogP contribution in [0, 0.1) is 0 Å². The van der Waals surface area contributed by atoms with Crippen LogP contribution in [-0.4, -0.2) is 79.0 Å². The number of ether oxygens (including phenoxy) is 1. The van der Waals surface area contributed by atoms with Gasteiger partial charge < -0.3 is 36.9 Å². The average Bonchev–Trinajstić information content (AvgIpc) is 2.63. The van der Waals surface area contributed by atoms with Crippen molar-refractivity contribution in [2.24, 2.45) is 0 Å². The maximum atomic E-state index is 9.26. The van der Waals surface area contributed by atoms with Gasteiger partial charge in [0.15, 0.2) is 0 Å². The summed E-state index contributed by atoms with van der Waals surface area (Å²) in [6.07, 6.45) is 14.3. The van der Waals surface area contributed by atoms with Gasteiger partial charge in [-0.15, -0.1) is 0 Å². The molecule has 0 rings (SSSR count). The number of aliphatic hydroxyl groups is 3. The zero-order chi connectivity index (χ0) is 19.3. The van der Waals surface area contributed by atoms with Crippen LogP contribution in [0.1, 0.15) is 77.6 Å². The van der Waals surface area contributed by atoms with Crippen molar-refractivity contribution >= 4 is 0 Å². The largest absolute Gasteiger partial charge is 1.00 e. The summed E-state index contributed by atoms with van der Waals surface area (Å²) >= 11 is 0. The van der Waals surface area contributed by atoms with E-state index in [2.05, 4.69) is 6.92 Å². The van der Waals surface area contributed by atoms with Crippen molar-refractivity contribution in [1.29, 1.82) is 0 Å². The molecule has 27 heavy (non-hydrogen) atoms. The molecular weight excluding hydrogens is 366 g/mol. The minimum atomic E-state index is 0. The van der Waals surface area contributed by atoms with Gasteiger partial charge in [-0.25, -0.2) is 0 Å². The summed E-state index contributed by atoms with van der Waals surface area (Å²) in [5.74, 6) is 0. The number of hydrogen-bond donors (Lipinski definition) is 3. The van der Waals surface area contributed by atoms with E-state index < -0.39 is 0 Å². The molecule has 0 heterocycles. The number of hydrogen-bond acceptors (Lipinski definition) is 4. The summed E-state index contributed by atoms with van der Waals surface area (Å²) in [5, 5.41) is 27.8. The van der Waals surface area contributed by atoms with E-state index in [-0.39, 0.29) is 32.2 Å². The number of halogens is 1. The van der Waals surface area contributed by atoms with Gasteiger partial charge in [0.05, 0.1) is 33.0 Å². The zero-order valence-corrected chi connectivity index (χ0v) is 18.5. The fraction of sp³-hybridized carbons (Fsp3) is 1.00. The molecule has 0 saturated carbocycles. The predicted octanol–water partition coefficient (Wildman–Crippen LogP) is 0.112. The van der Waals surface area contributed by atoms with Gasteiger partial charge in [0.25, 0.3) is 0 Å². The predicted molar refractivity (Wildman–Crippen MR) is 108 cm³/mol. The molecule has 0 saturated heterocycles. The minimum absolute atomic E-state index is 0. The molecule has 0 aromatic heterocycles. The van der Waals surface area contributed by atoms with E-state index in [1.807, 2.05) is 0 Å². The molecule has 0 aliphatic rings. The van der Waals surface area contributed by atoms with E-state index in [0.717, 1.165) is 32.6 Å². The zero-order valence-electron chi connectivity index (χ0n) is 17.7. The lowest BCUT2D eigenvalue weighted by molar-refractivity contribution is -0.929. The SMILES string of the molecule is CCCCCCCCCCCCOCCC[N+](CCO)(CCO)CCO.[Cl-]. The van der Waals surface area contributed by atoms with Crippen molar-refractivity contribution < 1.29 is 36.9 Å². The number of nitrogens with zero attached hydrogens (tertiary/aromatic N) is 1. The number of quaternary nitrogens is 1. The molecule has 5 nitrogen and oxygen atoms in total. The molecule has 0 aliphatic heterocycles. The first-order valence-electron chi connectivity index (χ1n) is 11.0. The summed E-state index contributed by atoms with van der Waals surface area (Å²) in [5.41, 5.74) is 0. The molecule has 3 N–H and O–H groups in total. The Morgan fingerprint density at radius 2 is 0.963 bits per heavy atom. The van der Waals surface area contributed by atoms with Crippen molar-refractivity contribution in [3.63, 3.8) is 0 Å². The summed E-state index contributed by atoms with van der Waals surface area (Å²) < 4.78 is 6.31. The van der Waals surface area contributed by atoms with Crippen LogP contribution in [0.3, 0.4) is 0 Å². The fourth-order valence-corrected chi connectivity index (χ4v) is 3.60. The highest BCUT2D eigenvalue weighted by molar-refractivity contribution is 4.49. The maximum Gasteiger partial charge on any atom is 0.102 e. The highest BCUT2D eigenvalue weighted by atomic mass is 35.5. The number of rotatable bonds is 21. The Morgan fingerprint density at radius 1 is 0.556 bits per heavy atom. The van der Waals surface area contributed by atoms with Crippen LogP contribution in [-0.2, 0) is 4.74 Å². The standard InChI is InChI=1S/C21H46NO4.ClH/c1-2-3-4-5-6-7-8-9-10-11-20-26-21-12-13-22(14-17-23,15-18-24)16-19-25;/h23-25H,2-21H2,1H3;1H/q+1;/p-1. The van der Waals surface area contributed by atoms with Crippen LogP contribution in [0.5, 0.6) is 0 Å². The van der Waals surface area contributed by atoms with Crippen LogP contribution in [0.4, 0.5) is 0 Å². The normalized spacial score (nSPS) is 11.6. The third-order valence-corrected chi connectivity index (χ3v) is 5.29. The first-order chi connectivity index (χ1) is 12.7. The van der Waals surface area contributed by atoms with Crippen molar-refractivity contribution in [2.45, 2.75) is 77.6 Å². The highest BCUT2D eigenvalue weighted by Crippen LogP contribution is 2.11. The molecular formula is C21H46ClNO4. The van der Waals surface area contributed by atoms with Gasteiger partial charge in [-0.05, 0) is 6.42 Å². The van der Waals surface area contributed by atoms with Crippen LogP contribution in [0.2, 0.25) is 0 Å². The molecule has 0 unspecified atom stereocenters. The van der Waals surface area contributed by atoms with E-state index in [4.69, 9.17) is 4.74 Å². The summed E-state index contributed by atoms with van der Waals surface area (Å²) in [6.45, 7) is 6.64. The fourth-order valence-electron chi connectivity index (χ4n) is 3.60. The quantitative estimate of drug-likeness (QED) is 0.185. The van der Waals surface area contributed by atoms with Crippen LogP contribution >= 0.6 is 0 Å². The van der Waals surface area contributed by atoms with Crippen molar-refractivity contribution in [2.75, 3.05) is 59.2 Å². The first-order valence-corrected chi connectivity index (χ1v) is 11.0. The Bertz CT molecular complexity index is 266. The summed E-state index contributed by atoms with van der Waals surface area (Å²) in [7, 11) is 0. The summed E-state index contributed by atoms with van der Waals surface area (Å²) in [4.78, 5) is 0. The molecule has 0 aromatic carbocycles. The van der Waals surface area contributed by atoms with Gasteiger partial charge in [0.1, 0.15) is 19.6 Å². The van der Waals surface area contributed by atoms with E-state index in [1.54, 1.807) is 0 Å². The second-order valence-corrected chi connectivity index (χ2v) is 7.55. The molecule has 0 atom stereocenters. The third kappa shape index (κ3) is 17.9. The van der Waals surface area contributed by atoms with Crippen LogP contribution in [0.15, 0.2) is 0 Å². The van der Waals surface area contributed by atoms with Crippen molar-refractivity contribution in [3.8, 4) is 0 Å². The van der Waals surface area contributed by atoms with E-state index in [0.29, 0.717) is 24.1 Å². The van der Waals surface area contributed by atoms with Gasteiger partial charge in [-0.2, -0.15) is 0 Å². The Hall–Kier alpha value is 0.0900. The second-order valence-electron chi connectivity index (χ2n) is 7.55. The van der Waals surface area contributed by atoms with Crippen molar-refractivity contribution in [3.05, 3.63) is 0 Å².